The lowest BCUT2D eigenvalue weighted by atomic mass is 9.99. The van der Waals surface area contributed by atoms with Crippen molar-refractivity contribution in [1.82, 2.24) is 0 Å². The number of carbonyl (C=O) groups is 1. The number of carbonyl (C=O) groups excluding carboxylic acids is 1. The molecule has 0 spiro atoms. The topological polar surface area (TPSA) is 26.3 Å². The number of benzene rings is 2. The molecule has 0 aliphatic rings. The van der Waals surface area contributed by atoms with Crippen LogP contribution in [-0.2, 0) is 0 Å². The highest BCUT2D eigenvalue weighted by molar-refractivity contribution is 9.09. The Morgan fingerprint density at radius 1 is 1.18 bits per heavy atom. The maximum atomic E-state index is 12.0. The van der Waals surface area contributed by atoms with Gasteiger partial charge in [-0.2, -0.15) is 0 Å². The third-order valence-electron chi connectivity index (χ3n) is 2.73. The van der Waals surface area contributed by atoms with Gasteiger partial charge in [-0.3, -0.25) is 4.79 Å². The smallest absolute Gasteiger partial charge is 0.164 e. The van der Waals surface area contributed by atoms with Crippen molar-refractivity contribution in [3.05, 3.63) is 42.0 Å². The number of methoxy groups -OCH3 is 1. The van der Waals surface area contributed by atoms with Gasteiger partial charge in [0.1, 0.15) is 5.75 Å². The number of hydrogen-bond acceptors (Lipinski definition) is 2. The molecule has 0 atom stereocenters. The Labute approximate surface area is 109 Å². The van der Waals surface area contributed by atoms with E-state index in [1.165, 1.54) is 0 Å². The van der Waals surface area contributed by atoms with E-state index in [-0.39, 0.29) is 5.78 Å². The second-order valence-corrected chi connectivity index (χ2v) is 4.52. The van der Waals surface area contributed by atoms with Crippen molar-refractivity contribution >= 4 is 32.5 Å². The van der Waals surface area contributed by atoms with Crippen LogP contribution in [0, 0.1) is 0 Å². The van der Waals surface area contributed by atoms with E-state index in [1.807, 2.05) is 36.4 Å². The van der Waals surface area contributed by atoms with Gasteiger partial charge in [-0.05, 0) is 17.5 Å². The van der Waals surface area contributed by atoms with Gasteiger partial charge < -0.3 is 4.74 Å². The standard InChI is InChI=1S/C14H13BrO2/c1-17-14-7-6-11(13(16)8-9-15)10-4-2-3-5-12(10)14/h2-7H,8-9H2,1H3. The summed E-state index contributed by atoms with van der Waals surface area (Å²) in [6.07, 6.45) is 0.510. The molecule has 3 heteroatoms. The number of fused-ring (bicyclic) bond motifs is 1. The van der Waals surface area contributed by atoms with Gasteiger partial charge in [-0.15, -0.1) is 0 Å². The summed E-state index contributed by atoms with van der Waals surface area (Å²) in [6, 6.07) is 11.5. The monoisotopic (exact) mass is 292 g/mol. The third kappa shape index (κ3) is 2.34. The minimum absolute atomic E-state index is 0.153. The lowest BCUT2D eigenvalue weighted by Gasteiger charge is -2.09. The van der Waals surface area contributed by atoms with Crippen molar-refractivity contribution in [2.45, 2.75) is 6.42 Å². The largest absolute Gasteiger partial charge is 0.496 e. The number of halogens is 1. The number of rotatable bonds is 4. The molecule has 0 saturated carbocycles. The Morgan fingerprint density at radius 2 is 1.88 bits per heavy atom. The predicted molar refractivity (Wildman–Crippen MR) is 73.2 cm³/mol. The highest BCUT2D eigenvalue weighted by Gasteiger charge is 2.11. The first kappa shape index (κ1) is 12.1. The summed E-state index contributed by atoms with van der Waals surface area (Å²) < 4.78 is 5.30. The predicted octanol–water partition coefficient (Wildman–Crippen LogP) is 3.82. The average molecular weight is 293 g/mol. The van der Waals surface area contributed by atoms with Crippen LogP contribution < -0.4 is 4.74 Å². The van der Waals surface area contributed by atoms with Gasteiger partial charge in [-0.25, -0.2) is 0 Å². The Hall–Kier alpha value is -1.35. The summed E-state index contributed by atoms with van der Waals surface area (Å²) >= 11 is 3.29. The minimum atomic E-state index is 0.153. The van der Waals surface area contributed by atoms with Gasteiger partial charge in [0.05, 0.1) is 7.11 Å². The summed E-state index contributed by atoms with van der Waals surface area (Å²) in [4.78, 5) is 12.0. The number of ether oxygens (including phenoxy) is 1. The zero-order valence-electron chi connectivity index (χ0n) is 9.57. The van der Waals surface area contributed by atoms with E-state index in [2.05, 4.69) is 15.9 Å². The van der Waals surface area contributed by atoms with E-state index in [1.54, 1.807) is 7.11 Å². The Bertz CT molecular complexity index is 549. The fraction of sp³-hybridized carbons (Fsp3) is 0.214. The van der Waals surface area contributed by atoms with E-state index < -0.39 is 0 Å². The van der Waals surface area contributed by atoms with Crippen LogP contribution >= 0.6 is 15.9 Å². The maximum Gasteiger partial charge on any atom is 0.164 e. The molecule has 0 radical (unpaired) electrons. The molecular weight excluding hydrogens is 280 g/mol. The molecule has 2 aromatic carbocycles. The number of ketones is 1. The van der Waals surface area contributed by atoms with E-state index >= 15 is 0 Å². The maximum absolute atomic E-state index is 12.0. The van der Waals surface area contributed by atoms with Gasteiger partial charge in [0.2, 0.25) is 0 Å². The molecular formula is C14H13BrO2. The van der Waals surface area contributed by atoms with E-state index in [0.717, 1.165) is 22.1 Å². The molecule has 88 valence electrons. The summed E-state index contributed by atoms with van der Waals surface area (Å²) in [5.41, 5.74) is 0.765. The number of hydrogen-bond donors (Lipinski definition) is 0. The molecule has 0 fully saturated rings. The van der Waals surface area contributed by atoms with E-state index in [9.17, 15) is 4.79 Å². The Morgan fingerprint density at radius 3 is 2.53 bits per heavy atom. The van der Waals surface area contributed by atoms with Gasteiger partial charge in [0.15, 0.2) is 5.78 Å². The van der Waals surface area contributed by atoms with Crippen LogP contribution in [0.2, 0.25) is 0 Å². The lowest BCUT2D eigenvalue weighted by Crippen LogP contribution is -2.01. The summed E-state index contributed by atoms with van der Waals surface area (Å²) in [6.45, 7) is 0. The van der Waals surface area contributed by atoms with Crippen LogP contribution in [-0.4, -0.2) is 18.2 Å². The zero-order valence-corrected chi connectivity index (χ0v) is 11.2. The number of Topliss-reactive ketones (excluding diaryl/α,β-unsaturated/α-hetero) is 1. The normalized spacial score (nSPS) is 10.5. The Kier molecular flexibility index (Phi) is 3.79. The molecule has 0 amide bonds. The zero-order chi connectivity index (χ0) is 12.3. The van der Waals surface area contributed by atoms with Crippen molar-refractivity contribution in [2.24, 2.45) is 0 Å². The van der Waals surface area contributed by atoms with Gasteiger partial charge >= 0.3 is 0 Å². The average Bonchev–Trinajstić information content (AvgIpc) is 2.37. The third-order valence-corrected chi connectivity index (χ3v) is 3.12. The van der Waals surface area contributed by atoms with Crippen LogP contribution in [0.1, 0.15) is 16.8 Å². The lowest BCUT2D eigenvalue weighted by molar-refractivity contribution is 0.0991. The van der Waals surface area contributed by atoms with Crippen LogP contribution in [0.3, 0.4) is 0 Å². The summed E-state index contributed by atoms with van der Waals surface area (Å²) in [7, 11) is 1.64. The molecule has 2 aromatic rings. The van der Waals surface area contributed by atoms with Crippen molar-refractivity contribution < 1.29 is 9.53 Å². The van der Waals surface area contributed by atoms with Crippen LogP contribution in [0.4, 0.5) is 0 Å². The van der Waals surface area contributed by atoms with Crippen molar-refractivity contribution in [1.29, 1.82) is 0 Å². The second-order valence-electron chi connectivity index (χ2n) is 3.72. The highest BCUT2D eigenvalue weighted by Crippen LogP contribution is 2.28. The second kappa shape index (κ2) is 5.32. The van der Waals surface area contributed by atoms with Gasteiger partial charge in [0, 0.05) is 22.7 Å². The van der Waals surface area contributed by atoms with Crippen molar-refractivity contribution in [2.75, 3.05) is 12.4 Å². The van der Waals surface area contributed by atoms with E-state index in [4.69, 9.17) is 4.74 Å². The fourth-order valence-electron chi connectivity index (χ4n) is 1.91. The highest BCUT2D eigenvalue weighted by atomic mass is 79.9. The molecule has 0 aliphatic carbocycles. The molecule has 0 heterocycles. The Balaban J connectivity index is 2.62. The van der Waals surface area contributed by atoms with Gasteiger partial charge in [-0.1, -0.05) is 40.2 Å². The van der Waals surface area contributed by atoms with Crippen molar-refractivity contribution in [3.63, 3.8) is 0 Å². The summed E-state index contributed by atoms with van der Waals surface area (Å²) in [5, 5.41) is 2.62. The van der Waals surface area contributed by atoms with Gasteiger partial charge in [0.25, 0.3) is 0 Å². The molecule has 2 rings (SSSR count). The first-order valence-electron chi connectivity index (χ1n) is 5.43. The molecule has 17 heavy (non-hydrogen) atoms. The van der Waals surface area contributed by atoms with Crippen molar-refractivity contribution in [3.8, 4) is 5.75 Å². The SMILES string of the molecule is COc1ccc(C(=O)CCBr)c2ccccc12. The molecule has 0 N–H and O–H groups in total. The molecule has 0 saturated heterocycles. The first-order valence-corrected chi connectivity index (χ1v) is 6.55. The fourth-order valence-corrected chi connectivity index (χ4v) is 2.27. The van der Waals surface area contributed by atoms with Crippen LogP contribution in [0.5, 0.6) is 5.75 Å². The molecule has 2 nitrogen and oxygen atoms in total. The van der Waals surface area contributed by atoms with Crippen LogP contribution in [0.25, 0.3) is 10.8 Å². The first-order chi connectivity index (χ1) is 8.27. The molecule has 0 bridgehead atoms. The van der Waals surface area contributed by atoms with Crippen LogP contribution in [0.15, 0.2) is 36.4 Å². The summed E-state index contributed by atoms with van der Waals surface area (Å²) in [5.74, 6) is 0.955. The molecule has 0 unspecified atom stereocenters. The molecule has 0 aliphatic heterocycles. The number of alkyl halides is 1. The minimum Gasteiger partial charge on any atom is -0.496 e. The molecule has 0 aromatic heterocycles. The van der Waals surface area contributed by atoms with E-state index in [0.29, 0.717) is 11.8 Å². The quantitative estimate of drug-likeness (QED) is 0.633.